The maximum atomic E-state index is 11.9. The van der Waals surface area contributed by atoms with Gasteiger partial charge in [0, 0.05) is 31.4 Å². The standard InChI is InChI=1S/C20H34N4O2/c1-16(2)26-19-10-9-18(14-22-19)15-23-20(25)21-11-5-7-13-24-12-6-4-8-17(24)3/h9-10,14,16-17H,4-8,11-13,15H2,1-3H3,(H2,21,23,25). The minimum absolute atomic E-state index is 0.107. The summed E-state index contributed by atoms with van der Waals surface area (Å²) >= 11 is 0. The predicted molar refractivity (Wildman–Crippen MR) is 104 cm³/mol. The Bertz CT molecular complexity index is 533. The van der Waals surface area contributed by atoms with Crippen LogP contribution in [0.1, 0.15) is 58.4 Å². The Morgan fingerprint density at radius 2 is 2.15 bits per heavy atom. The quantitative estimate of drug-likeness (QED) is 0.661. The van der Waals surface area contributed by atoms with Gasteiger partial charge in [-0.2, -0.15) is 0 Å². The molecule has 1 unspecified atom stereocenters. The van der Waals surface area contributed by atoms with E-state index in [9.17, 15) is 4.79 Å². The van der Waals surface area contributed by atoms with Crippen molar-refractivity contribution < 1.29 is 9.53 Å². The number of nitrogens with one attached hydrogen (secondary N) is 2. The summed E-state index contributed by atoms with van der Waals surface area (Å²) in [7, 11) is 0. The van der Waals surface area contributed by atoms with Crippen LogP contribution >= 0.6 is 0 Å². The number of unbranched alkanes of at least 4 members (excludes halogenated alkanes) is 1. The molecule has 1 atom stereocenters. The smallest absolute Gasteiger partial charge is 0.315 e. The fourth-order valence-electron chi connectivity index (χ4n) is 3.20. The Balaban J connectivity index is 1.54. The van der Waals surface area contributed by atoms with Crippen LogP contribution in [0.5, 0.6) is 5.88 Å². The maximum Gasteiger partial charge on any atom is 0.315 e. The molecule has 0 aliphatic carbocycles. The first kappa shape index (κ1) is 20.5. The minimum atomic E-state index is -0.126. The van der Waals surface area contributed by atoms with Gasteiger partial charge in [0.1, 0.15) is 0 Å². The summed E-state index contributed by atoms with van der Waals surface area (Å²) in [5.41, 5.74) is 0.954. The van der Waals surface area contributed by atoms with Gasteiger partial charge in [0.25, 0.3) is 0 Å². The van der Waals surface area contributed by atoms with E-state index in [0.29, 0.717) is 25.0 Å². The molecule has 1 aromatic heterocycles. The van der Waals surface area contributed by atoms with Crippen molar-refractivity contribution in [3.63, 3.8) is 0 Å². The van der Waals surface area contributed by atoms with E-state index >= 15 is 0 Å². The van der Waals surface area contributed by atoms with Crippen molar-refractivity contribution in [3.05, 3.63) is 23.9 Å². The fourth-order valence-corrected chi connectivity index (χ4v) is 3.20. The molecule has 0 radical (unpaired) electrons. The second-order valence-electron chi connectivity index (χ2n) is 7.37. The molecule has 0 aromatic carbocycles. The summed E-state index contributed by atoms with van der Waals surface area (Å²) in [4.78, 5) is 18.7. The molecule has 1 fully saturated rings. The molecule has 2 heterocycles. The van der Waals surface area contributed by atoms with Crippen LogP contribution in [-0.2, 0) is 6.54 Å². The van der Waals surface area contributed by atoms with Gasteiger partial charge in [-0.25, -0.2) is 9.78 Å². The molecule has 6 nitrogen and oxygen atoms in total. The van der Waals surface area contributed by atoms with E-state index in [0.717, 1.165) is 24.9 Å². The number of carbonyl (C=O) groups is 1. The fraction of sp³-hybridized carbons (Fsp3) is 0.700. The van der Waals surface area contributed by atoms with E-state index in [1.807, 2.05) is 26.0 Å². The number of piperidine rings is 1. The van der Waals surface area contributed by atoms with Gasteiger partial charge in [0.15, 0.2) is 0 Å². The zero-order valence-corrected chi connectivity index (χ0v) is 16.5. The van der Waals surface area contributed by atoms with E-state index < -0.39 is 0 Å². The van der Waals surface area contributed by atoms with Crippen molar-refractivity contribution in [1.82, 2.24) is 20.5 Å². The molecule has 0 saturated carbocycles. The highest BCUT2D eigenvalue weighted by atomic mass is 16.5. The van der Waals surface area contributed by atoms with Crippen LogP contribution in [0.15, 0.2) is 18.3 Å². The topological polar surface area (TPSA) is 66.5 Å². The molecule has 0 spiro atoms. The summed E-state index contributed by atoms with van der Waals surface area (Å²) in [6, 6.07) is 4.34. The zero-order chi connectivity index (χ0) is 18.8. The van der Waals surface area contributed by atoms with Crippen LogP contribution < -0.4 is 15.4 Å². The molecule has 0 bridgehead atoms. The molecular weight excluding hydrogens is 328 g/mol. The first-order valence-corrected chi connectivity index (χ1v) is 9.92. The summed E-state index contributed by atoms with van der Waals surface area (Å²) in [6.07, 6.45) is 7.99. The van der Waals surface area contributed by atoms with Gasteiger partial charge >= 0.3 is 6.03 Å². The minimum Gasteiger partial charge on any atom is -0.475 e. The van der Waals surface area contributed by atoms with Crippen LogP contribution in [0.3, 0.4) is 0 Å². The number of pyridine rings is 1. The summed E-state index contributed by atoms with van der Waals surface area (Å²) in [6.45, 7) is 9.80. The number of hydrogen-bond donors (Lipinski definition) is 2. The summed E-state index contributed by atoms with van der Waals surface area (Å²) < 4.78 is 5.51. The van der Waals surface area contributed by atoms with Crippen LogP contribution in [0.4, 0.5) is 4.79 Å². The summed E-state index contributed by atoms with van der Waals surface area (Å²) in [5.74, 6) is 0.608. The van der Waals surface area contributed by atoms with Crippen LogP contribution in [-0.4, -0.2) is 47.7 Å². The Hall–Kier alpha value is -1.82. The molecule has 1 aromatic rings. The lowest BCUT2D eigenvalue weighted by molar-refractivity contribution is 0.158. The predicted octanol–water partition coefficient (Wildman–Crippen LogP) is 3.32. The highest BCUT2D eigenvalue weighted by Gasteiger charge is 2.16. The van der Waals surface area contributed by atoms with Crippen molar-refractivity contribution in [2.45, 2.75) is 71.6 Å². The van der Waals surface area contributed by atoms with Gasteiger partial charge in [-0.05, 0) is 65.1 Å². The number of ether oxygens (including phenoxy) is 1. The third kappa shape index (κ3) is 7.60. The molecule has 1 saturated heterocycles. The molecular formula is C20H34N4O2. The second kappa shape index (κ2) is 11.0. The first-order valence-electron chi connectivity index (χ1n) is 9.92. The Morgan fingerprint density at radius 1 is 1.31 bits per heavy atom. The van der Waals surface area contributed by atoms with Crippen LogP contribution in [0.2, 0.25) is 0 Å². The molecule has 26 heavy (non-hydrogen) atoms. The van der Waals surface area contributed by atoms with E-state index in [4.69, 9.17) is 4.74 Å². The van der Waals surface area contributed by atoms with Gasteiger partial charge in [0.2, 0.25) is 5.88 Å². The molecule has 2 amide bonds. The Morgan fingerprint density at radius 3 is 2.85 bits per heavy atom. The molecule has 6 heteroatoms. The number of likely N-dealkylation sites (tertiary alicyclic amines) is 1. The zero-order valence-electron chi connectivity index (χ0n) is 16.5. The second-order valence-corrected chi connectivity index (χ2v) is 7.37. The average molecular weight is 363 g/mol. The van der Waals surface area contributed by atoms with E-state index in [1.54, 1.807) is 6.20 Å². The average Bonchev–Trinajstić information content (AvgIpc) is 2.62. The molecule has 146 valence electrons. The van der Waals surface area contributed by atoms with Crippen molar-refractivity contribution >= 4 is 6.03 Å². The number of aromatic nitrogens is 1. The monoisotopic (exact) mass is 362 g/mol. The number of nitrogens with zero attached hydrogens (tertiary/aromatic N) is 2. The Labute approximate surface area is 157 Å². The molecule has 1 aliphatic rings. The lowest BCUT2D eigenvalue weighted by atomic mass is 10.0. The first-order chi connectivity index (χ1) is 12.5. The molecule has 1 aliphatic heterocycles. The molecule has 2 N–H and O–H groups in total. The lowest BCUT2D eigenvalue weighted by Gasteiger charge is -2.33. The van der Waals surface area contributed by atoms with Gasteiger partial charge < -0.3 is 20.3 Å². The highest BCUT2D eigenvalue weighted by Crippen LogP contribution is 2.16. The maximum absolute atomic E-state index is 11.9. The van der Waals surface area contributed by atoms with E-state index in [-0.39, 0.29) is 12.1 Å². The van der Waals surface area contributed by atoms with Crippen molar-refractivity contribution in [2.75, 3.05) is 19.6 Å². The van der Waals surface area contributed by atoms with Gasteiger partial charge in [-0.3, -0.25) is 0 Å². The number of amides is 2. The third-order valence-electron chi connectivity index (χ3n) is 4.71. The van der Waals surface area contributed by atoms with Crippen LogP contribution in [0.25, 0.3) is 0 Å². The Kier molecular flexibility index (Phi) is 8.68. The largest absolute Gasteiger partial charge is 0.475 e. The number of hydrogen-bond acceptors (Lipinski definition) is 4. The van der Waals surface area contributed by atoms with Crippen molar-refractivity contribution in [1.29, 1.82) is 0 Å². The number of urea groups is 1. The van der Waals surface area contributed by atoms with Crippen molar-refractivity contribution in [3.8, 4) is 5.88 Å². The highest BCUT2D eigenvalue weighted by molar-refractivity contribution is 5.73. The van der Waals surface area contributed by atoms with E-state index in [2.05, 4.69) is 27.4 Å². The third-order valence-corrected chi connectivity index (χ3v) is 4.71. The lowest BCUT2D eigenvalue weighted by Crippen LogP contribution is -2.38. The van der Waals surface area contributed by atoms with Gasteiger partial charge in [-0.1, -0.05) is 12.5 Å². The number of carbonyl (C=O) groups excluding carboxylic acids is 1. The summed E-state index contributed by atoms with van der Waals surface area (Å²) in [5, 5.41) is 5.79. The normalized spacial score (nSPS) is 17.9. The van der Waals surface area contributed by atoms with E-state index in [1.165, 1.54) is 25.8 Å². The van der Waals surface area contributed by atoms with Gasteiger partial charge in [-0.15, -0.1) is 0 Å². The molecule has 2 rings (SSSR count). The van der Waals surface area contributed by atoms with Crippen LogP contribution in [0, 0.1) is 0 Å². The number of rotatable bonds is 9. The van der Waals surface area contributed by atoms with Gasteiger partial charge in [0.05, 0.1) is 6.10 Å². The van der Waals surface area contributed by atoms with Crippen molar-refractivity contribution in [2.24, 2.45) is 0 Å². The SMILES string of the molecule is CC(C)Oc1ccc(CNC(=O)NCCCCN2CCCCC2C)cn1.